The lowest BCUT2D eigenvalue weighted by molar-refractivity contribution is -0.385. The first-order valence-electron chi connectivity index (χ1n) is 5.65. The van der Waals surface area contributed by atoms with Gasteiger partial charge in [-0.3, -0.25) is 10.1 Å². The van der Waals surface area contributed by atoms with Crippen molar-refractivity contribution in [3.8, 4) is 0 Å². The van der Waals surface area contributed by atoms with Crippen LogP contribution < -0.4 is 5.32 Å². The van der Waals surface area contributed by atoms with E-state index in [1.807, 2.05) is 6.92 Å². The summed E-state index contributed by atoms with van der Waals surface area (Å²) in [5, 5.41) is 13.8. The first kappa shape index (κ1) is 15.8. The molecule has 1 N–H and O–H groups in total. The SMILES string of the molecule is CCNc1cc(SCCS(C)(=O)=O)cc([N+](=O)[O-])c1. The van der Waals surface area contributed by atoms with Crippen LogP contribution >= 0.6 is 11.8 Å². The molecule has 0 fully saturated rings. The number of anilines is 1. The van der Waals surface area contributed by atoms with Gasteiger partial charge in [0.2, 0.25) is 0 Å². The fraction of sp³-hybridized carbons (Fsp3) is 0.455. The van der Waals surface area contributed by atoms with Gasteiger partial charge in [0.05, 0.1) is 10.7 Å². The fourth-order valence-electron chi connectivity index (χ4n) is 1.39. The highest BCUT2D eigenvalue weighted by molar-refractivity contribution is 8.00. The predicted octanol–water partition coefficient (Wildman–Crippen LogP) is 2.16. The number of hydrogen-bond donors (Lipinski definition) is 1. The van der Waals surface area contributed by atoms with E-state index in [1.54, 1.807) is 6.07 Å². The Bertz CT molecular complexity index is 558. The van der Waals surface area contributed by atoms with E-state index >= 15 is 0 Å². The van der Waals surface area contributed by atoms with Crippen LogP contribution in [0.5, 0.6) is 0 Å². The Morgan fingerprint density at radius 1 is 1.37 bits per heavy atom. The predicted molar refractivity (Wildman–Crippen MR) is 77.7 cm³/mol. The zero-order valence-corrected chi connectivity index (χ0v) is 12.4. The van der Waals surface area contributed by atoms with Crippen molar-refractivity contribution >= 4 is 33.0 Å². The molecule has 0 unspecified atom stereocenters. The van der Waals surface area contributed by atoms with E-state index in [4.69, 9.17) is 0 Å². The van der Waals surface area contributed by atoms with Gasteiger partial charge in [-0.2, -0.15) is 0 Å². The lowest BCUT2D eigenvalue weighted by Crippen LogP contribution is -2.05. The van der Waals surface area contributed by atoms with Gasteiger partial charge in [-0.05, 0) is 13.0 Å². The van der Waals surface area contributed by atoms with E-state index in [9.17, 15) is 18.5 Å². The fourth-order valence-corrected chi connectivity index (χ4v) is 3.58. The van der Waals surface area contributed by atoms with Crippen LogP contribution in [0.4, 0.5) is 11.4 Å². The Balaban J connectivity index is 2.84. The molecule has 8 heteroatoms. The zero-order chi connectivity index (χ0) is 14.5. The van der Waals surface area contributed by atoms with Crippen molar-refractivity contribution in [3.05, 3.63) is 28.3 Å². The number of rotatable bonds is 7. The van der Waals surface area contributed by atoms with Gasteiger partial charge in [0.25, 0.3) is 5.69 Å². The standard InChI is InChI=1S/C11H16N2O4S2/c1-3-12-9-6-10(13(14)15)8-11(7-9)18-4-5-19(2,16)17/h6-8,12H,3-5H2,1-2H3. The molecule has 0 saturated carbocycles. The third-order valence-electron chi connectivity index (χ3n) is 2.21. The number of thioether (sulfide) groups is 1. The molecule has 0 spiro atoms. The van der Waals surface area contributed by atoms with E-state index in [2.05, 4.69) is 5.32 Å². The summed E-state index contributed by atoms with van der Waals surface area (Å²) in [6.07, 6.45) is 1.17. The minimum absolute atomic E-state index is 0.000283. The van der Waals surface area contributed by atoms with Crippen molar-refractivity contribution in [1.82, 2.24) is 0 Å². The molecule has 1 aromatic carbocycles. The van der Waals surface area contributed by atoms with E-state index in [-0.39, 0.29) is 11.4 Å². The highest BCUT2D eigenvalue weighted by Crippen LogP contribution is 2.28. The molecule has 0 aromatic heterocycles. The molecule has 0 amide bonds. The number of hydrogen-bond acceptors (Lipinski definition) is 6. The van der Waals surface area contributed by atoms with Crippen LogP contribution in [0.2, 0.25) is 0 Å². The van der Waals surface area contributed by atoms with Crippen LogP contribution in [0.25, 0.3) is 0 Å². The average molecular weight is 304 g/mol. The third kappa shape index (κ3) is 5.93. The molecular weight excluding hydrogens is 288 g/mol. The Kier molecular flexibility index (Phi) is 5.61. The number of nitrogens with one attached hydrogen (secondary N) is 1. The van der Waals surface area contributed by atoms with Crippen LogP contribution in [0, 0.1) is 10.1 Å². The molecule has 1 rings (SSSR count). The van der Waals surface area contributed by atoms with E-state index < -0.39 is 14.8 Å². The van der Waals surface area contributed by atoms with Gasteiger partial charge in [0.15, 0.2) is 0 Å². The van der Waals surface area contributed by atoms with Crippen LogP contribution in [0.15, 0.2) is 23.1 Å². The van der Waals surface area contributed by atoms with Gasteiger partial charge in [0, 0.05) is 41.3 Å². The molecule has 19 heavy (non-hydrogen) atoms. The van der Waals surface area contributed by atoms with Crippen LogP contribution in [0.1, 0.15) is 6.92 Å². The molecule has 0 aliphatic carbocycles. The molecule has 0 aliphatic rings. The summed E-state index contributed by atoms with van der Waals surface area (Å²) >= 11 is 1.30. The number of nitrogens with zero attached hydrogens (tertiary/aromatic N) is 1. The topological polar surface area (TPSA) is 89.3 Å². The smallest absolute Gasteiger partial charge is 0.272 e. The summed E-state index contributed by atoms with van der Waals surface area (Å²) < 4.78 is 22.1. The second kappa shape index (κ2) is 6.76. The Morgan fingerprint density at radius 2 is 2.05 bits per heavy atom. The van der Waals surface area contributed by atoms with Crippen LogP contribution in [0.3, 0.4) is 0 Å². The molecule has 6 nitrogen and oxygen atoms in total. The molecular formula is C11H16N2O4S2. The average Bonchev–Trinajstić information content (AvgIpc) is 2.27. The first-order valence-corrected chi connectivity index (χ1v) is 8.70. The van der Waals surface area contributed by atoms with Crippen molar-refractivity contribution in [1.29, 1.82) is 0 Å². The van der Waals surface area contributed by atoms with Gasteiger partial charge >= 0.3 is 0 Å². The number of benzene rings is 1. The molecule has 0 saturated heterocycles. The highest BCUT2D eigenvalue weighted by atomic mass is 32.2. The summed E-state index contributed by atoms with van der Waals surface area (Å²) in [5.74, 6) is 0.433. The maximum atomic E-state index is 11.0. The second-order valence-electron chi connectivity index (χ2n) is 3.98. The number of nitro benzene ring substituents is 1. The lowest BCUT2D eigenvalue weighted by Gasteiger charge is -2.06. The van der Waals surface area contributed by atoms with Gasteiger partial charge in [-0.1, -0.05) is 0 Å². The summed E-state index contributed by atoms with van der Waals surface area (Å²) in [4.78, 5) is 11.0. The minimum atomic E-state index is -3.01. The molecule has 0 radical (unpaired) electrons. The minimum Gasteiger partial charge on any atom is -0.385 e. The van der Waals surface area contributed by atoms with Gasteiger partial charge in [0.1, 0.15) is 9.84 Å². The Morgan fingerprint density at radius 3 is 2.58 bits per heavy atom. The van der Waals surface area contributed by atoms with Crippen molar-refractivity contribution in [2.24, 2.45) is 0 Å². The molecule has 0 heterocycles. The molecule has 0 aliphatic heterocycles. The Labute approximate surface area is 116 Å². The molecule has 1 aromatic rings. The van der Waals surface area contributed by atoms with E-state index in [1.165, 1.54) is 30.2 Å². The second-order valence-corrected chi connectivity index (χ2v) is 7.41. The van der Waals surface area contributed by atoms with Crippen molar-refractivity contribution in [2.45, 2.75) is 11.8 Å². The molecule has 0 atom stereocenters. The van der Waals surface area contributed by atoms with Crippen molar-refractivity contribution in [2.75, 3.05) is 29.6 Å². The Hall–Kier alpha value is -1.28. The quantitative estimate of drug-likeness (QED) is 0.472. The van der Waals surface area contributed by atoms with Gasteiger partial charge in [-0.25, -0.2) is 8.42 Å². The largest absolute Gasteiger partial charge is 0.385 e. The summed E-state index contributed by atoms with van der Waals surface area (Å²) in [6.45, 7) is 2.56. The van der Waals surface area contributed by atoms with E-state index in [0.717, 1.165) is 0 Å². The highest BCUT2D eigenvalue weighted by Gasteiger charge is 2.10. The number of non-ortho nitro benzene ring substituents is 1. The summed E-state index contributed by atoms with van der Waals surface area (Å²) in [5.41, 5.74) is 0.666. The van der Waals surface area contributed by atoms with Gasteiger partial charge in [-0.15, -0.1) is 11.8 Å². The molecule has 106 valence electrons. The number of sulfone groups is 1. The monoisotopic (exact) mass is 304 g/mol. The van der Waals surface area contributed by atoms with Crippen molar-refractivity contribution < 1.29 is 13.3 Å². The number of nitro groups is 1. The third-order valence-corrected chi connectivity index (χ3v) is 4.39. The lowest BCUT2D eigenvalue weighted by atomic mass is 10.3. The first-order chi connectivity index (χ1) is 8.81. The van der Waals surface area contributed by atoms with Crippen LogP contribution in [-0.2, 0) is 9.84 Å². The van der Waals surface area contributed by atoms with Crippen molar-refractivity contribution in [3.63, 3.8) is 0 Å². The zero-order valence-electron chi connectivity index (χ0n) is 10.8. The maximum absolute atomic E-state index is 11.0. The van der Waals surface area contributed by atoms with Crippen LogP contribution in [-0.4, -0.2) is 37.6 Å². The molecule has 0 bridgehead atoms. The normalized spacial score (nSPS) is 11.3. The van der Waals surface area contributed by atoms with Gasteiger partial charge < -0.3 is 5.32 Å². The van der Waals surface area contributed by atoms with E-state index in [0.29, 0.717) is 22.9 Å². The maximum Gasteiger partial charge on any atom is 0.272 e. The summed E-state index contributed by atoms with van der Waals surface area (Å²) in [6, 6.07) is 4.70. The summed E-state index contributed by atoms with van der Waals surface area (Å²) in [7, 11) is -3.01.